The van der Waals surface area contributed by atoms with E-state index in [0.717, 1.165) is 16.4 Å². The number of hydrazone groups is 1. The molecule has 106 valence electrons. The van der Waals surface area contributed by atoms with E-state index in [1.54, 1.807) is 11.3 Å². The Labute approximate surface area is 128 Å². The molecule has 3 nitrogen and oxygen atoms in total. The lowest BCUT2D eigenvalue weighted by Gasteiger charge is -2.06. The minimum Gasteiger partial charge on any atom is -0.252 e. The quantitative estimate of drug-likeness (QED) is 0.559. The van der Waals surface area contributed by atoms with Crippen molar-refractivity contribution in [3.63, 3.8) is 0 Å². The first-order valence-corrected chi connectivity index (χ1v) is 7.68. The predicted molar refractivity (Wildman–Crippen MR) is 91.4 cm³/mol. The third kappa shape index (κ3) is 2.95. The van der Waals surface area contributed by atoms with Gasteiger partial charge in [0.25, 0.3) is 0 Å². The molecule has 0 bridgehead atoms. The van der Waals surface area contributed by atoms with E-state index >= 15 is 0 Å². The molecule has 2 aromatic carbocycles. The molecular formula is C17H17N3S. The number of fused-ring (bicyclic) bond motifs is 1. The fraction of sp³-hybridized carbons (Fsp3) is 0.176. The maximum atomic E-state index is 4.52. The molecule has 1 aromatic heterocycles. The van der Waals surface area contributed by atoms with E-state index < -0.39 is 0 Å². The first-order chi connectivity index (χ1) is 10.1. The summed E-state index contributed by atoms with van der Waals surface area (Å²) in [6.45, 7) is 6.21. The van der Waals surface area contributed by atoms with Crippen LogP contribution < -0.4 is 5.43 Å². The lowest BCUT2D eigenvalue weighted by Crippen LogP contribution is -2.02. The lowest BCUT2D eigenvalue weighted by atomic mass is 10.0. The molecule has 0 saturated heterocycles. The van der Waals surface area contributed by atoms with Crippen molar-refractivity contribution in [3.05, 3.63) is 59.2 Å². The molecule has 0 atom stereocenters. The predicted octanol–water partition coefficient (Wildman–Crippen LogP) is 4.75. The van der Waals surface area contributed by atoms with Gasteiger partial charge >= 0.3 is 0 Å². The van der Waals surface area contributed by atoms with E-state index in [4.69, 9.17) is 0 Å². The monoisotopic (exact) mass is 295 g/mol. The summed E-state index contributed by atoms with van der Waals surface area (Å²) in [4.78, 5) is 4.52. The number of hydrogen-bond acceptors (Lipinski definition) is 4. The maximum absolute atomic E-state index is 4.52. The van der Waals surface area contributed by atoms with E-state index in [1.807, 2.05) is 25.1 Å². The SMILES string of the molecule is C/C(=N/Nc1nc2ccccc2s1)c1cc(C)ccc1C. The first kappa shape index (κ1) is 13.8. The minimum atomic E-state index is 0.820. The lowest BCUT2D eigenvalue weighted by molar-refractivity contribution is 1.28. The van der Waals surface area contributed by atoms with Gasteiger partial charge in [-0.3, -0.25) is 5.43 Å². The Morgan fingerprint density at radius 3 is 2.76 bits per heavy atom. The molecule has 4 heteroatoms. The Morgan fingerprint density at radius 1 is 1.14 bits per heavy atom. The van der Waals surface area contributed by atoms with E-state index in [9.17, 15) is 0 Å². The second-order valence-corrected chi connectivity index (χ2v) is 6.14. The average molecular weight is 295 g/mol. The van der Waals surface area contributed by atoms with Gasteiger partial charge in [0.05, 0.1) is 15.9 Å². The summed E-state index contributed by atoms with van der Waals surface area (Å²) in [6, 6.07) is 14.5. The number of thiazole rings is 1. The van der Waals surface area contributed by atoms with Crippen LogP contribution in [-0.4, -0.2) is 10.7 Å². The summed E-state index contributed by atoms with van der Waals surface area (Å²) in [5.41, 5.74) is 8.69. The highest BCUT2D eigenvalue weighted by molar-refractivity contribution is 7.22. The summed E-state index contributed by atoms with van der Waals surface area (Å²) in [5.74, 6) is 0. The molecule has 0 amide bonds. The third-order valence-electron chi connectivity index (χ3n) is 3.40. The van der Waals surface area contributed by atoms with Crippen molar-refractivity contribution in [1.29, 1.82) is 0 Å². The fourth-order valence-electron chi connectivity index (χ4n) is 2.24. The van der Waals surface area contributed by atoms with Crippen molar-refractivity contribution in [2.45, 2.75) is 20.8 Å². The number of aromatic nitrogens is 1. The zero-order valence-electron chi connectivity index (χ0n) is 12.3. The molecular weight excluding hydrogens is 278 g/mol. The number of benzene rings is 2. The van der Waals surface area contributed by atoms with Gasteiger partial charge in [-0.25, -0.2) is 4.98 Å². The van der Waals surface area contributed by atoms with Crippen molar-refractivity contribution >= 4 is 32.4 Å². The highest BCUT2D eigenvalue weighted by Gasteiger charge is 2.04. The highest BCUT2D eigenvalue weighted by atomic mass is 32.1. The zero-order chi connectivity index (χ0) is 14.8. The Hall–Kier alpha value is -2.20. The number of anilines is 1. The average Bonchev–Trinajstić information content (AvgIpc) is 2.90. The summed E-state index contributed by atoms with van der Waals surface area (Å²) < 4.78 is 1.17. The van der Waals surface area contributed by atoms with Crippen molar-refractivity contribution in [2.75, 3.05) is 5.43 Å². The van der Waals surface area contributed by atoms with Gasteiger partial charge in [-0.15, -0.1) is 0 Å². The van der Waals surface area contributed by atoms with E-state index in [0.29, 0.717) is 0 Å². The summed E-state index contributed by atoms with van der Waals surface area (Å²) in [6.07, 6.45) is 0. The van der Waals surface area contributed by atoms with Crippen LogP contribution in [0.4, 0.5) is 5.13 Å². The Kier molecular flexibility index (Phi) is 3.71. The van der Waals surface area contributed by atoms with Crippen LogP contribution in [0.2, 0.25) is 0 Å². The van der Waals surface area contributed by atoms with Crippen molar-refractivity contribution < 1.29 is 0 Å². The molecule has 0 unspecified atom stereocenters. The van der Waals surface area contributed by atoms with Crippen molar-refractivity contribution in [3.8, 4) is 0 Å². The van der Waals surface area contributed by atoms with E-state index in [-0.39, 0.29) is 0 Å². The van der Waals surface area contributed by atoms with Crippen LogP contribution in [0.1, 0.15) is 23.6 Å². The molecule has 0 aliphatic rings. The number of nitrogens with zero attached hydrogens (tertiary/aromatic N) is 2. The van der Waals surface area contributed by atoms with Gasteiger partial charge in [-0.2, -0.15) is 5.10 Å². The molecule has 1 N–H and O–H groups in total. The number of rotatable bonds is 3. The molecule has 1 heterocycles. The maximum Gasteiger partial charge on any atom is 0.204 e. The van der Waals surface area contributed by atoms with Gasteiger partial charge in [0.15, 0.2) is 0 Å². The van der Waals surface area contributed by atoms with Gasteiger partial charge < -0.3 is 0 Å². The van der Waals surface area contributed by atoms with Crippen LogP contribution in [0.15, 0.2) is 47.6 Å². The Bertz CT molecular complexity index is 785. The molecule has 0 fully saturated rings. The van der Waals surface area contributed by atoms with Gasteiger partial charge in [-0.1, -0.05) is 41.2 Å². The summed E-state index contributed by atoms with van der Waals surface area (Å²) >= 11 is 1.61. The van der Waals surface area contributed by atoms with Gasteiger partial charge in [0, 0.05) is 5.56 Å². The van der Waals surface area contributed by atoms with Crippen molar-refractivity contribution in [1.82, 2.24) is 4.98 Å². The Morgan fingerprint density at radius 2 is 1.95 bits per heavy atom. The molecule has 3 aromatic rings. The van der Waals surface area contributed by atoms with Crippen LogP contribution in [0.25, 0.3) is 10.2 Å². The van der Waals surface area contributed by atoms with Crippen LogP contribution in [0, 0.1) is 13.8 Å². The Balaban J connectivity index is 1.86. The topological polar surface area (TPSA) is 37.3 Å². The number of para-hydroxylation sites is 1. The molecule has 0 radical (unpaired) electrons. The first-order valence-electron chi connectivity index (χ1n) is 6.87. The minimum absolute atomic E-state index is 0.820. The van der Waals surface area contributed by atoms with Crippen molar-refractivity contribution in [2.24, 2.45) is 5.10 Å². The van der Waals surface area contributed by atoms with Crippen LogP contribution >= 0.6 is 11.3 Å². The molecule has 0 saturated carbocycles. The van der Waals surface area contributed by atoms with Crippen LogP contribution in [0.3, 0.4) is 0 Å². The molecule has 0 spiro atoms. The second-order valence-electron chi connectivity index (χ2n) is 5.11. The molecule has 3 rings (SSSR count). The van der Waals surface area contributed by atoms with E-state index in [1.165, 1.54) is 21.4 Å². The van der Waals surface area contributed by atoms with E-state index in [2.05, 4.69) is 53.6 Å². The molecule has 0 aliphatic carbocycles. The number of nitrogens with one attached hydrogen (secondary N) is 1. The third-order valence-corrected chi connectivity index (χ3v) is 4.34. The fourth-order valence-corrected chi connectivity index (χ4v) is 3.05. The largest absolute Gasteiger partial charge is 0.252 e. The van der Waals surface area contributed by atoms with Gasteiger partial charge in [0.2, 0.25) is 5.13 Å². The van der Waals surface area contributed by atoms with Crippen LogP contribution in [-0.2, 0) is 0 Å². The smallest absolute Gasteiger partial charge is 0.204 e. The number of hydrogen-bond donors (Lipinski definition) is 1. The normalized spacial score (nSPS) is 11.9. The summed E-state index contributed by atoms with van der Waals surface area (Å²) in [5, 5.41) is 5.30. The van der Waals surface area contributed by atoms with Gasteiger partial charge in [0.1, 0.15) is 0 Å². The molecule has 0 aliphatic heterocycles. The van der Waals surface area contributed by atoms with Crippen LogP contribution in [0.5, 0.6) is 0 Å². The van der Waals surface area contributed by atoms with Gasteiger partial charge in [-0.05, 0) is 44.5 Å². The zero-order valence-corrected chi connectivity index (χ0v) is 13.2. The molecule has 21 heavy (non-hydrogen) atoms. The summed E-state index contributed by atoms with van der Waals surface area (Å²) in [7, 11) is 0. The highest BCUT2D eigenvalue weighted by Crippen LogP contribution is 2.25. The second kappa shape index (κ2) is 5.66. The number of aryl methyl sites for hydroxylation is 2. The standard InChI is InChI=1S/C17H17N3S/c1-11-8-9-12(2)14(10-11)13(3)19-20-17-18-15-6-4-5-7-16(15)21-17/h4-10H,1-3H3,(H,18,20)/b19-13-.